The summed E-state index contributed by atoms with van der Waals surface area (Å²) < 4.78 is 0. The van der Waals surface area contributed by atoms with Crippen LogP contribution in [0.3, 0.4) is 0 Å². The minimum Gasteiger partial charge on any atom is -0.355 e. The van der Waals surface area contributed by atoms with Gasteiger partial charge in [-0.25, -0.2) is 15.0 Å². The first-order valence-electron chi connectivity index (χ1n) is 10.1. The van der Waals surface area contributed by atoms with Crippen molar-refractivity contribution in [3.63, 3.8) is 0 Å². The summed E-state index contributed by atoms with van der Waals surface area (Å²) in [5, 5.41) is 6.00. The van der Waals surface area contributed by atoms with Crippen molar-refractivity contribution in [2.45, 2.75) is 12.8 Å². The van der Waals surface area contributed by atoms with E-state index in [2.05, 4.69) is 21.3 Å². The van der Waals surface area contributed by atoms with E-state index >= 15 is 0 Å². The molecule has 1 amide bonds. The van der Waals surface area contributed by atoms with Crippen LogP contribution in [0.4, 0.5) is 11.6 Å². The van der Waals surface area contributed by atoms with Gasteiger partial charge in [0, 0.05) is 24.7 Å². The summed E-state index contributed by atoms with van der Waals surface area (Å²) in [5.41, 5.74) is 0.922. The molecule has 0 unspecified atom stereocenters. The third kappa shape index (κ3) is 3.76. The van der Waals surface area contributed by atoms with E-state index in [4.69, 9.17) is 9.97 Å². The van der Waals surface area contributed by atoms with Crippen molar-refractivity contribution < 1.29 is 4.79 Å². The van der Waals surface area contributed by atoms with E-state index in [1.54, 1.807) is 17.5 Å². The molecule has 1 N–H and O–H groups in total. The Labute approximate surface area is 178 Å². The number of amides is 1. The van der Waals surface area contributed by atoms with Gasteiger partial charge in [0.1, 0.15) is 11.6 Å². The van der Waals surface area contributed by atoms with E-state index in [0.29, 0.717) is 12.4 Å². The predicted molar refractivity (Wildman–Crippen MR) is 121 cm³/mol. The molecule has 150 valence electrons. The van der Waals surface area contributed by atoms with Crippen molar-refractivity contribution in [2.24, 2.45) is 5.92 Å². The van der Waals surface area contributed by atoms with E-state index in [1.165, 1.54) is 0 Å². The number of thiophene rings is 1. The number of carbonyl (C=O) groups is 1. The smallest absolute Gasteiger partial charge is 0.230 e. The molecule has 0 aliphatic carbocycles. The highest BCUT2D eigenvalue weighted by molar-refractivity contribution is 7.13. The minimum atomic E-state index is -0.111. The first kappa shape index (κ1) is 18.7. The number of aromatic nitrogens is 3. The van der Waals surface area contributed by atoms with Gasteiger partial charge in [0.2, 0.25) is 5.91 Å². The Balaban J connectivity index is 1.45. The number of anilines is 2. The Morgan fingerprint density at radius 3 is 2.80 bits per heavy atom. The molecule has 1 atom stereocenters. The van der Waals surface area contributed by atoms with Gasteiger partial charge in [-0.3, -0.25) is 4.79 Å². The van der Waals surface area contributed by atoms with Crippen molar-refractivity contribution >= 4 is 39.8 Å². The van der Waals surface area contributed by atoms with E-state index in [1.807, 2.05) is 53.9 Å². The quantitative estimate of drug-likeness (QED) is 0.527. The summed E-state index contributed by atoms with van der Waals surface area (Å²) >= 11 is 1.63. The molecule has 4 aromatic rings. The lowest BCUT2D eigenvalue weighted by Crippen LogP contribution is -2.41. The highest BCUT2D eigenvalue weighted by atomic mass is 32.1. The molecule has 1 saturated heterocycles. The number of hydrogen-bond donors (Lipinski definition) is 1. The molecule has 0 bridgehead atoms. The number of piperidine rings is 1. The lowest BCUT2D eigenvalue weighted by molar-refractivity contribution is -0.120. The maximum atomic E-state index is 12.9. The van der Waals surface area contributed by atoms with Crippen LogP contribution >= 0.6 is 11.3 Å². The molecule has 7 heteroatoms. The van der Waals surface area contributed by atoms with Crippen LogP contribution in [0.25, 0.3) is 21.6 Å². The fraction of sp³-hybridized carbons (Fsp3) is 0.217. The Bertz CT molecular complexity index is 1160. The maximum absolute atomic E-state index is 12.9. The minimum absolute atomic E-state index is 0.00948. The summed E-state index contributed by atoms with van der Waals surface area (Å²) in [6, 6.07) is 17.6. The number of para-hydroxylation sites is 1. The summed E-state index contributed by atoms with van der Waals surface area (Å²) in [6.07, 6.45) is 3.48. The van der Waals surface area contributed by atoms with Crippen LogP contribution in [0.1, 0.15) is 12.8 Å². The summed E-state index contributed by atoms with van der Waals surface area (Å²) in [6.45, 7) is 1.50. The molecule has 1 aliphatic heterocycles. The SMILES string of the molecule is O=C(Nc1ccccn1)[C@@H]1CCCN(c2nc(-c3cccs3)nc3ccccc23)C1. The van der Waals surface area contributed by atoms with Gasteiger partial charge in [-0.2, -0.15) is 0 Å². The van der Waals surface area contributed by atoms with Gasteiger partial charge in [0.05, 0.1) is 16.3 Å². The van der Waals surface area contributed by atoms with Gasteiger partial charge < -0.3 is 10.2 Å². The second kappa shape index (κ2) is 8.20. The van der Waals surface area contributed by atoms with Crippen LogP contribution in [0.2, 0.25) is 0 Å². The first-order valence-corrected chi connectivity index (χ1v) is 10.9. The topological polar surface area (TPSA) is 71.0 Å². The van der Waals surface area contributed by atoms with Gasteiger partial charge in [0.15, 0.2) is 5.82 Å². The third-order valence-corrected chi connectivity index (χ3v) is 6.20. The molecular weight excluding hydrogens is 394 g/mol. The molecule has 3 aromatic heterocycles. The van der Waals surface area contributed by atoms with Crippen molar-refractivity contribution in [2.75, 3.05) is 23.3 Å². The summed E-state index contributed by atoms with van der Waals surface area (Å²) in [7, 11) is 0. The Morgan fingerprint density at radius 1 is 1.07 bits per heavy atom. The van der Waals surface area contributed by atoms with Gasteiger partial charge in [-0.05, 0) is 48.6 Å². The number of benzene rings is 1. The molecule has 0 radical (unpaired) electrons. The number of hydrogen-bond acceptors (Lipinski definition) is 6. The zero-order valence-electron chi connectivity index (χ0n) is 16.4. The van der Waals surface area contributed by atoms with Crippen molar-refractivity contribution in [3.8, 4) is 10.7 Å². The van der Waals surface area contributed by atoms with Crippen molar-refractivity contribution in [1.29, 1.82) is 0 Å². The third-order valence-electron chi connectivity index (χ3n) is 5.33. The Hall–Kier alpha value is -3.32. The number of rotatable bonds is 4. The lowest BCUT2D eigenvalue weighted by atomic mass is 9.96. The molecular formula is C23H21N5OS. The monoisotopic (exact) mass is 415 g/mol. The number of nitrogens with zero attached hydrogens (tertiary/aromatic N) is 4. The molecule has 6 nitrogen and oxygen atoms in total. The number of nitrogens with one attached hydrogen (secondary N) is 1. The molecule has 1 fully saturated rings. The van der Waals surface area contributed by atoms with E-state index in [0.717, 1.165) is 46.8 Å². The highest BCUT2D eigenvalue weighted by Crippen LogP contribution is 2.32. The highest BCUT2D eigenvalue weighted by Gasteiger charge is 2.28. The van der Waals surface area contributed by atoms with E-state index in [-0.39, 0.29) is 11.8 Å². The average Bonchev–Trinajstić information content (AvgIpc) is 3.34. The Kier molecular flexibility index (Phi) is 5.11. The maximum Gasteiger partial charge on any atom is 0.230 e. The molecule has 0 saturated carbocycles. The van der Waals surface area contributed by atoms with Crippen LogP contribution in [0.15, 0.2) is 66.2 Å². The van der Waals surface area contributed by atoms with Crippen molar-refractivity contribution in [3.05, 3.63) is 66.2 Å². The normalized spacial score (nSPS) is 16.5. The second-order valence-corrected chi connectivity index (χ2v) is 8.30. The zero-order chi connectivity index (χ0) is 20.3. The van der Waals surface area contributed by atoms with Gasteiger partial charge >= 0.3 is 0 Å². The summed E-state index contributed by atoms with van der Waals surface area (Å²) in [4.78, 5) is 30.0. The first-order chi connectivity index (χ1) is 14.8. The van der Waals surface area contributed by atoms with Crippen LogP contribution < -0.4 is 10.2 Å². The van der Waals surface area contributed by atoms with Crippen LogP contribution in [0, 0.1) is 5.92 Å². The second-order valence-electron chi connectivity index (χ2n) is 7.35. The fourth-order valence-electron chi connectivity index (χ4n) is 3.87. The molecule has 5 rings (SSSR count). The van der Waals surface area contributed by atoms with Gasteiger partial charge in [-0.15, -0.1) is 11.3 Å². The lowest BCUT2D eigenvalue weighted by Gasteiger charge is -2.33. The molecule has 1 aliphatic rings. The molecule has 30 heavy (non-hydrogen) atoms. The van der Waals surface area contributed by atoms with Crippen LogP contribution in [-0.2, 0) is 4.79 Å². The number of carbonyl (C=O) groups excluding carboxylic acids is 1. The molecule has 4 heterocycles. The predicted octanol–water partition coefficient (Wildman–Crippen LogP) is 4.61. The summed E-state index contributed by atoms with van der Waals surface area (Å²) in [5.74, 6) is 2.13. The Morgan fingerprint density at radius 2 is 1.97 bits per heavy atom. The van der Waals surface area contributed by atoms with E-state index < -0.39 is 0 Å². The van der Waals surface area contributed by atoms with Gasteiger partial charge in [0.25, 0.3) is 0 Å². The largest absolute Gasteiger partial charge is 0.355 e. The standard InChI is InChI=1S/C23H21N5OS/c29-23(26-20-11-3-4-12-24-20)16-7-5-13-28(15-16)22-17-8-1-2-9-18(17)25-21(27-22)19-10-6-14-30-19/h1-4,6,8-12,14,16H,5,7,13,15H2,(H,24,26,29)/t16-/m1/s1. The average molecular weight is 416 g/mol. The van der Waals surface area contributed by atoms with E-state index in [9.17, 15) is 4.79 Å². The zero-order valence-corrected chi connectivity index (χ0v) is 17.2. The number of pyridine rings is 1. The molecule has 0 spiro atoms. The van der Waals surface area contributed by atoms with Gasteiger partial charge in [-0.1, -0.05) is 24.3 Å². The van der Waals surface area contributed by atoms with Crippen molar-refractivity contribution in [1.82, 2.24) is 15.0 Å². The fourth-order valence-corrected chi connectivity index (χ4v) is 4.52. The van der Waals surface area contributed by atoms with Crippen LogP contribution in [-0.4, -0.2) is 33.9 Å². The van der Waals surface area contributed by atoms with Crippen LogP contribution in [0.5, 0.6) is 0 Å². The molecule has 1 aromatic carbocycles. The number of fused-ring (bicyclic) bond motifs is 1.